The number of rotatable bonds is 2. The van der Waals surface area contributed by atoms with Gasteiger partial charge in [0.05, 0.1) is 5.92 Å². The molecule has 0 bridgehead atoms. The minimum Gasteiger partial charge on any atom is -0.481 e. The Morgan fingerprint density at radius 3 is 2.94 bits per heavy atom. The second-order valence-electron chi connectivity index (χ2n) is 4.01. The van der Waals surface area contributed by atoms with Crippen molar-refractivity contribution in [3.63, 3.8) is 0 Å². The molecule has 1 aromatic rings. The van der Waals surface area contributed by atoms with Crippen LogP contribution < -0.4 is 0 Å². The molecule has 1 atom stereocenters. The molecule has 1 saturated heterocycles. The Labute approximate surface area is 93.1 Å². The molecule has 0 aromatic carbocycles. The van der Waals surface area contributed by atoms with E-state index < -0.39 is 11.9 Å². The normalized spacial score (nSPS) is 20.8. The lowest BCUT2D eigenvalue weighted by Crippen LogP contribution is -2.42. The fraction of sp³-hybridized carbons (Fsp3) is 0.455. The molecule has 1 aliphatic heterocycles. The van der Waals surface area contributed by atoms with Crippen molar-refractivity contribution in [3.05, 3.63) is 24.0 Å². The number of carbonyl (C=O) groups is 2. The van der Waals surface area contributed by atoms with Gasteiger partial charge in [-0.2, -0.15) is 0 Å². The SMILES string of the molecule is O=C(O)C1CCCN(C(=O)c2ccc[nH]2)C1. The minimum atomic E-state index is -0.816. The van der Waals surface area contributed by atoms with Crippen LogP contribution in [0, 0.1) is 5.92 Å². The molecule has 16 heavy (non-hydrogen) atoms. The lowest BCUT2D eigenvalue weighted by atomic mass is 9.98. The first kappa shape index (κ1) is 10.7. The third-order valence-corrected chi connectivity index (χ3v) is 2.89. The van der Waals surface area contributed by atoms with E-state index in [0.717, 1.165) is 6.42 Å². The Balaban J connectivity index is 2.05. The van der Waals surface area contributed by atoms with Crippen LogP contribution in [0.3, 0.4) is 0 Å². The molecule has 2 N–H and O–H groups in total. The second-order valence-corrected chi connectivity index (χ2v) is 4.01. The molecule has 0 radical (unpaired) electrons. The summed E-state index contributed by atoms with van der Waals surface area (Å²) in [6.07, 6.45) is 3.10. The number of carbonyl (C=O) groups excluding carboxylic acids is 1. The van der Waals surface area contributed by atoms with Crippen LogP contribution in [-0.2, 0) is 4.79 Å². The quantitative estimate of drug-likeness (QED) is 0.782. The predicted octanol–water partition coefficient (Wildman–Crippen LogP) is 0.952. The minimum absolute atomic E-state index is 0.115. The summed E-state index contributed by atoms with van der Waals surface area (Å²) in [5, 5.41) is 8.92. The average Bonchev–Trinajstić information content (AvgIpc) is 2.81. The van der Waals surface area contributed by atoms with Crippen molar-refractivity contribution in [1.29, 1.82) is 0 Å². The number of hydrogen-bond donors (Lipinski definition) is 2. The van der Waals surface area contributed by atoms with Gasteiger partial charge >= 0.3 is 5.97 Å². The maximum Gasteiger partial charge on any atom is 0.308 e. The molecule has 1 aromatic heterocycles. The van der Waals surface area contributed by atoms with E-state index in [1.807, 2.05) is 0 Å². The number of amides is 1. The molecule has 0 aliphatic carbocycles. The highest BCUT2D eigenvalue weighted by Crippen LogP contribution is 2.18. The number of carboxylic acids is 1. The number of nitrogens with one attached hydrogen (secondary N) is 1. The van der Waals surface area contributed by atoms with Crippen molar-refractivity contribution in [2.45, 2.75) is 12.8 Å². The van der Waals surface area contributed by atoms with Crippen LogP contribution in [0.1, 0.15) is 23.3 Å². The number of aromatic amines is 1. The summed E-state index contributed by atoms with van der Waals surface area (Å²) < 4.78 is 0. The maximum atomic E-state index is 11.9. The van der Waals surface area contributed by atoms with Crippen molar-refractivity contribution in [1.82, 2.24) is 9.88 Å². The van der Waals surface area contributed by atoms with E-state index >= 15 is 0 Å². The van der Waals surface area contributed by atoms with Gasteiger partial charge in [-0.25, -0.2) is 0 Å². The van der Waals surface area contributed by atoms with E-state index in [-0.39, 0.29) is 5.91 Å². The van der Waals surface area contributed by atoms with Gasteiger partial charge in [-0.1, -0.05) is 0 Å². The third kappa shape index (κ3) is 2.08. The zero-order valence-corrected chi connectivity index (χ0v) is 8.85. The molecule has 0 spiro atoms. The number of aliphatic carboxylic acids is 1. The highest BCUT2D eigenvalue weighted by Gasteiger charge is 2.28. The number of carboxylic acid groups (broad SMARTS) is 1. The van der Waals surface area contributed by atoms with E-state index in [0.29, 0.717) is 25.2 Å². The molecule has 5 heteroatoms. The van der Waals surface area contributed by atoms with E-state index in [1.54, 1.807) is 23.2 Å². The smallest absolute Gasteiger partial charge is 0.308 e. The molecule has 1 amide bonds. The Morgan fingerprint density at radius 2 is 2.31 bits per heavy atom. The van der Waals surface area contributed by atoms with Gasteiger partial charge in [-0.05, 0) is 25.0 Å². The Morgan fingerprint density at radius 1 is 1.50 bits per heavy atom. The van der Waals surface area contributed by atoms with Crippen molar-refractivity contribution >= 4 is 11.9 Å². The van der Waals surface area contributed by atoms with Gasteiger partial charge in [0.15, 0.2) is 0 Å². The molecule has 1 aliphatic rings. The van der Waals surface area contributed by atoms with Crippen LogP contribution >= 0.6 is 0 Å². The van der Waals surface area contributed by atoms with Crippen molar-refractivity contribution in [2.75, 3.05) is 13.1 Å². The largest absolute Gasteiger partial charge is 0.481 e. The van der Waals surface area contributed by atoms with Crippen molar-refractivity contribution < 1.29 is 14.7 Å². The van der Waals surface area contributed by atoms with Gasteiger partial charge in [0.25, 0.3) is 5.91 Å². The molecule has 86 valence electrons. The van der Waals surface area contributed by atoms with Gasteiger partial charge in [0.2, 0.25) is 0 Å². The highest BCUT2D eigenvalue weighted by atomic mass is 16.4. The fourth-order valence-electron chi connectivity index (χ4n) is 2.00. The van der Waals surface area contributed by atoms with Crippen LogP contribution in [0.5, 0.6) is 0 Å². The van der Waals surface area contributed by atoms with Gasteiger partial charge in [0.1, 0.15) is 5.69 Å². The molecule has 2 rings (SSSR count). The Hall–Kier alpha value is -1.78. The van der Waals surface area contributed by atoms with E-state index in [9.17, 15) is 9.59 Å². The number of H-pyrrole nitrogens is 1. The van der Waals surface area contributed by atoms with Crippen molar-refractivity contribution in [2.24, 2.45) is 5.92 Å². The third-order valence-electron chi connectivity index (χ3n) is 2.89. The van der Waals surface area contributed by atoms with Crippen molar-refractivity contribution in [3.8, 4) is 0 Å². The summed E-state index contributed by atoms with van der Waals surface area (Å²) in [7, 11) is 0. The summed E-state index contributed by atoms with van der Waals surface area (Å²) >= 11 is 0. The maximum absolute atomic E-state index is 11.9. The standard InChI is InChI=1S/C11H14N2O3/c14-10(9-4-1-5-12-9)13-6-2-3-8(7-13)11(15)16/h1,4-5,8,12H,2-3,6-7H2,(H,15,16). The first-order valence-corrected chi connectivity index (χ1v) is 5.34. The van der Waals surface area contributed by atoms with E-state index in [2.05, 4.69) is 4.98 Å². The predicted molar refractivity (Wildman–Crippen MR) is 57.1 cm³/mol. The van der Waals surface area contributed by atoms with Crippen LogP contribution in [0.15, 0.2) is 18.3 Å². The molecule has 1 fully saturated rings. The van der Waals surface area contributed by atoms with Gasteiger partial charge < -0.3 is 15.0 Å². The van der Waals surface area contributed by atoms with E-state index in [1.165, 1.54) is 0 Å². The summed E-state index contributed by atoms with van der Waals surface area (Å²) in [6.45, 7) is 0.953. The molecule has 2 heterocycles. The highest BCUT2D eigenvalue weighted by molar-refractivity contribution is 5.92. The molecular formula is C11H14N2O3. The van der Waals surface area contributed by atoms with Crippen LogP contribution in [0.25, 0.3) is 0 Å². The summed E-state index contributed by atoms with van der Waals surface area (Å²) in [6, 6.07) is 3.46. The van der Waals surface area contributed by atoms with Gasteiger partial charge in [-0.3, -0.25) is 9.59 Å². The molecular weight excluding hydrogens is 208 g/mol. The van der Waals surface area contributed by atoms with Crippen LogP contribution in [-0.4, -0.2) is 40.0 Å². The number of aromatic nitrogens is 1. The number of hydrogen-bond acceptors (Lipinski definition) is 2. The number of likely N-dealkylation sites (tertiary alicyclic amines) is 1. The topological polar surface area (TPSA) is 73.4 Å². The average molecular weight is 222 g/mol. The fourth-order valence-corrected chi connectivity index (χ4v) is 2.00. The monoisotopic (exact) mass is 222 g/mol. The van der Waals surface area contributed by atoms with E-state index in [4.69, 9.17) is 5.11 Å². The summed E-state index contributed by atoms with van der Waals surface area (Å²) in [4.78, 5) is 27.2. The summed E-state index contributed by atoms with van der Waals surface area (Å²) in [5.74, 6) is -1.35. The lowest BCUT2D eigenvalue weighted by Gasteiger charge is -2.30. The Kier molecular flexibility index (Phi) is 2.94. The lowest BCUT2D eigenvalue weighted by molar-refractivity contribution is -0.143. The molecule has 5 nitrogen and oxygen atoms in total. The van der Waals surface area contributed by atoms with Crippen LogP contribution in [0.2, 0.25) is 0 Å². The summed E-state index contributed by atoms with van der Waals surface area (Å²) in [5.41, 5.74) is 0.519. The molecule has 1 unspecified atom stereocenters. The zero-order chi connectivity index (χ0) is 11.5. The zero-order valence-electron chi connectivity index (χ0n) is 8.85. The molecule has 0 saturated carbocycles. The van der Waals surface area contributed by atoms with Gasteiger partial charge in [-0.15, -0.1) is 0 Å². The number of piperidine rings is 1. The Bertz CT molecular complexity index is 386. The van der Waals surface area contributed by atoms with Crippen LogP contribution in [0.4, 0.5) is 0 Å². The first-order chi connectivity index (χ1) is 7.68. The first-order valence-electron chi connectivity index (χ1n) is 5.34. The van der Waals surface area contributed by atoms with Gasteiger partial charge in [0, 0.05) is 19.3 Å². The number of nitrogens with zero attached hydrogens (tertiary/aromatic N) is 1. The second kappa shape index (κ2) is 4.38.